The van der Waals surface area contributed by atoms with E-state index in [2.05, 4.69) is 10.3 Å². The molecule has 3 nitrogen and oxygen atoms in total. The van der Waals surface area contributed by atoms with Crippen molar-refractivity contribution < 1.29 is 4.74 Å². The van der Waals surface area contributed by atoms with Crippen LogP contribution in [0.5, 0.6) is 5.75 Å². The van der Waals surface area contributed by atoms with E-state index in [0.717, 1.165) is 30.0 Å². The Hall–Kier alpha value is -1.58. The van der Waals surface area contributed by atoms with Crippen molar-refractivity contribution in [3.05, 3.63) is 58.9 Å². The van der Waals surface area contributed by atoms with Crippen molar-refractivity contribution in [1.82, 2.24) is 10.3 Å². The van der Waals surface area contributed by atoms with Gasteiger partial charge in [0.15, 0.2) is 0 Å². The van der Waals surface area contributed by atoms with Gasteiger partial charge >= 0.3 is 0 Å². The Morgan fingerprint density at radius 2 is 2.21 bits per heavy atom. The molecule has 19 heavy (non-hydrogen) atoms. The highest BCUT2D eigenvalue weighted by atomic mass is 35.5. The van der Waals surface area contributed by atoms with Gasteiger partial charge in [-0.05, 0) is 36.2 Å². The van der Waals surface area contributed by atoms with E-state index >= 15 is 0 Å². The standard InChI is InChI=1S/C15H17ClN2O/c1-12-4-5-15(14(16)9-12)19-8-7-18-11-13-3-2-6-17-10-13/h2-6,9-10,18H,7-8,11H2,1H3. The normalized spacial score (nSPS) is 10.4. The van der Waals surface area contributed by atoms with Crippen LogP contribution in [0.25, 0.3) is 0 Å². The predicted octanol–water partition coefficient (Wildman–Crippen LogP) is 3.21. The van der Waals surface area contributed by atoms with Crippen molar-refractivity contribution in [3.63, 3.8) is 0 Å². The largest absolute Gasteiger partial charge is 0.491 e. The lowest BCUT2D eigenvalue weighted by Gasteiger charge is -2.09. The average Bonchev–Trinajstić information content (AvgIpc) is 2.42. The van der Waals surface area contributed by atoms with Gasteiger partial charge in [0.25, 0.3) is 0 Å². The Morgan fingerprint density at radius 3 is 2.95 bits per heavy atom. The number of rotatable bonds is 6. The lowest BCUT2D eigenvalue weighted by Crippen LogP contribution is -2.20. The van der Waals surface area contributed by atoms with Crippen LogP contribution in [0.2, 0.25) is 5.02 Å². The molecule has 0 atom stereocenters. The smallest absolute Gasteiger partial charge is 0.137 e. The van der Waals surface area contributed by atoms with Crippen LogP contribution in [0.15, 0.2) is 42.7 Å². The first-order valence-electron chi connectivity index (χ1n) is 6.24. The Labute approximate surface area is 118 Å². The summed E-state index contributed by atoms with van der Waals surface area (Å²) in [6, 6.07) is 9.76. The Morgan fingerprint density at radius 1 is 1.32 bits per heavy atom. The highest BCUT2D eigenvalue weighted by Crippen LogP contribution is 2.24. The van der Waals surface area contributed by atoms with E-state index in [-0.39, 0.29) is 0 Å². The van der Waals surface area contributed by atoms with Gasteiger partial charge in [0, 0.05) is 25.5 Å². The van der Waals surface area contributed by atoms with Crippen LogP contribution >= 0.6 is 11.6 Å². The molecule has 0 aliphatic carbocycles. The van der Waals surface area contributed by atoms with Gasteiger partial charge in [-0.1, -0.05) is 23.7 Å². The Balaban J connectivity index is 1.69. The number of aryl methyl sites for hydroxylation is 1. The van der Waals surface area contributed by atoms with Crippen molar-refractivity contribution in [3.8, 4) is 5.75 Å². The summed E-state index contributed by atoms with van der Waals surface area (Å²) in [5.74, 6) is 0.732. The van der Waals surface area contributed by atoms with Gasteiger partial charge < -0.3 is 10.1 Å². The van der Waals surface area contributed by atoms with E-state index < -0.39 is 0 Å². The molecule has 0 aliphatic heterocycles. The molecular weight excluding hydrogens is 260 g/mol. The zero-order chi connectivity index (χ0) is 13.5. The van der Waals surface area contributed by atoms with Gasteiger partial charge in [-0.25, -0.2) is 0 Å². The molecule has 0 saturated heterocycles. The van der Waals surface area contributed by atoms with Gasteiger partial charge in [-0.2, -0.15) is 0 Å². The lowest BCUT2D eigenvalue weighted by atomic mass is 10.2. The fraction of sp³-hybridized carbons (Fsp3) is 0.267. The summed E-state index contributed by atoms with van der Waals surface area (Å²) in [6.07, 6.45) is 3.62. The highest BCUT2D eigenvalue weighted by molar-refractivity contribution is 6.32. The van der Waals surface area contributed by atoms with Gasteiger partial charge in [0.05, 0.1) is 5.02 Å². The molecule has 0 bridgehead atoms. The second-order valence-electron chi connectivity index (χ2n) is 4.32. The summed E-state index contributed by atoms with van der Waals surface area (Å²) in [5, 5.41) is 3.95. The van der Waals surface area contributed by atoms with Crippen LogP contribution in [0.3, 0.4) is 0 Å². The molecule has 1 aromatic heterocycles. The molecular formula is C15H17ClN2O. The maximum absolute atomic E-state index is 6.08. The zero-order valence-corrected chi connectivity index (χ0v) is 11.7. The van der Waals surface area contributed by atoms with E-state index in [0.29, 0.717) is 11.6 Å². The number of nitrogens with one attached hydrogen (secondary N) is 1. The minimum atomic E-state index is 0.586. The minimum absolute atomic E-state index is 0.586. The molecule has 0 amide bonds. The van der Waals surface area contributed by atoms with Gasteiger partial charge in [0.1, 0.15) is 12.4 Å². The monoisotopic (exact) mass is 276 g/mol. The number of nitrogens with zero attached hydrogens (tertiary/aromatic N) is 1. The van der Waals surface area contributed by atoms with E-state index in [4.69, 9.17) is 16.3 Å². The molecule has 0 fully saturated rings. The second kappa shape index (κ2) is 7.12. The highest BCUT2D eigenvalue weighted by Gasteiger charge is 2.00. The first kappa shape index (κ1) is 13.8. The molecule has 100 valence electrons. The molecule has 0 unspecified atom stereocenters. The maximum Gasteiger partial charge on any atom is 0.137 e. The summed E-state index contributed by atoms with van der Waals surface area (Å²) in [6.45, 7) is 4.14. The topological polar surface area (TPSA) is 34.1 Å². The SMILES string of the molecule is Cc1ccc(OCCNCc2cccnc2)c(Cl)c1. The maximum atomic E-state index is 6.08. The van der Waals surface area contributed by atoms with E-state index in [9.17, 15) is 0 Å². The molecule has 2 rings (SSSR count). The molecule has 1 N–H and O–H groups in total. The molecule has 4 heteroatoms. The Bertz CT molecular complexity index is 517. The fourth-order valence-corrected chi connectivity index (χ4v) is 1.98. The average molecular weight is 277 g/mol. The molecule has 1 heterocycles. The van der Waals surface area contributed by atoms with Crippen LogP contribution < -0.4 is 10.1 Å². The number of halogens is 1. The van der Waals surface area contributed by atoms with Crippen molar-refractivity contribution in [2.24, 2.45) is 0 Å². The third kappa shape index (κ3) is 4.54. The van der Waals surface area contributed by atoms with E-state index in [1.807, 2.05) is 43.5 Å². The third-order valence-corrected chi connectivity index (χ3v) is 2.97. The zero-order valence-electron chi connectivity index (χ0n) is 10.9. The van der Waals surface area contributed by atoms with Crippen molar-refractivity contribution in [2.45, 2.75) is 13.5 Å². The molecule has 0 aliphatic rings. The Kier molecular flexibility index (Phi) is 5.19. The van der Waals surface area contributed by atoms with Crippen molar-refractivity contribution in [2.75, 3.05) is 13.2 Å². The quantitative estimate of drug-likeness (QED) is 0.823. The lowest BCUT2D eigenvalue weighted by molar-refractivity contribution is 0.314. The summed E-state index contributed by atoms with van der Waals surface area (Å²) in [7, 11) is 0. The number of hydrogen-bond donors (Lipinski definition) is 1. The summed E-state index contributed by atoms with van der Waals surface area (Å²) < 4.78 is 5.62. The summed E-state index contributed by atoms with van der Waals surface area (Å²) in [4.78, 5) is 4.06. The fourth-order valence-electron chi connectivity index (χ4n) is 1.69. The van der Waals surface area contributed by atoms with Gasteiger partial charge in [-0.15, -0.1) is 0 Å². The summed E-state index contributed by atoms with van der Waals surface area (Å²) in [5.41, 5.74) is 2.29. The number of aromatic nitrogens is 1. The third-order valence-electron chi connectivity index (χ3n) is 2.68. The first-order chi connectivity index (χ1) is 9.25. The number of pyridine rings is 1. The van der Waals surface area contributed by atoms with Crippen LogP contribution in [-0.4, -0.2) is 18.1 Å². The van der Waals surface area contributed by atoms with E-state index in [1.165, 1.54) is 0 Å². The van der Waals surface area contributed by atoms with Crippen molar-refractivity contribution in [1.29, 1.82) is 0 Å². The number of hydrogen-bond acceptors (Lipinski definition) is 3. The van der Waals surface area contributed by atoms with Gasteiger partial charge in [-0.3, -0.25) is 4.98 Å². The predicted molar refractivity (Wildman–Crippen MR) is 77.6 cm³/mol. The summed E-state index contributed by atoms with van der Waals surface area (Å²) >= 11 is 6.08. The minimum Gasteiger partial charge on any atom is -0.491 e. The molecule has 0 spiro atoms. The van der Waals surface area contributed by atoms with Crippen molar-refractivity contribution >= 4 is 11.6 Å². The molecule has 0 radical (unpaired) electrons. The molecule has 2 aromatic rings. The first-order valence-corrected chi connectivity index (χ1v) is 6.62. The number of ether oxygens (including phenoxy) is 1. The second-order valence-corrected chi connectivity index (χ2v) is 4.73. The van der Waals surface area contributed by atoms with Gasteiger partial charge in [0.2, 0.25) is 0 Å². The van der Waals surface area contributed by atoms with Crippen LogP contribution in [0.4, 0.5) is 0 Å². The molecule has 1 aromatic carbocycles. The van der Waals surface area contributed by atoms with Crippen LogP contribution in [-0.2, 0) is 6.54 Å². The van der Waals surface area contributed by atoms with E-state index in [1.54, 1.807) is 6.20 Å². The van der Waals surface area contributed by atoms with Crippen LogP contribution in [0, 0.1) is 6.92 Å². The van der Waals surface area contributed by atoms with Crippen LogP contribution in [0.1, 0.15) is 11.1 Å². The molecule has 0 saturated carbocycles. The number of benzene rings is 1.